The largest absolute Gasteiger partial charge is 0.490 e. The molecule has 0 bridgehead atoms. The van der Waals surface area contributed by atoms with Crippen molar-refractivity contribution in [3.63, 3.8) is 0 Å². The molecule has 0 heterocycles. The van der Waals surface area contributed by atoms with Gasteiger partial charge in [-0.05, 0) is 50.7 Å². The Morgan fingerprint density at radius 2 is 2.14 bits per heavy atom. The molecule has 0 saturated heterocycles. The highest BCUT2D eigenvalue weighted by Crippen LogP contribution is 2.27. The lowest BCUT2D eigenvalue weighted by atomic mass is 10.1. The van der Waals surface area contributed by atoms with Gasteiger partial charge >= 0.3 is 0 Å². The lowest BCUT2D eigenvalue weighted by molar-refractivity contribution is 0.215. The third kappa shape index (κ3) is 5.24. The second-order valence-corrected chi connectivity index (χ2v) is 6.20. The van der Waals surface area contributed by atoms with Crippen LogP contribution in [0.3, 0.4) is 0 Å². The van der Waals surface area contributed by atoms with Gasteiger partial charge < -0.3 is 15.4 Å². The summed E-state index contributed by atoms with van der Waals surface area (Å²) in [7, 11) is 1.81. The van der Waals surface area contributed by atoms with E-state index in [0.29, 0.717) is 0 Å². The normalized spacial score (nSPS) is 16.3. The van der Waals surface area contributed by atoms with Crippen LogP contribution in [0, 0.1) is 12.8 Å². The highest BCUT2D eigenvalue weighted by Gasteiger charge is 2.21. The van der Waals surface area contributed by atoms with Crippen molar-refractivity contribution in [1.82, 2.24) is 10.6 Å². The molecule has 122 valence electrons. The zero-order valence-electron chi connectivity index (χ0n) is 14.3. The van der Waals surface area contributed by atoms with E-state index < -0.39 is 0 Å². The highest BCUT2D eigenvalue weighted by molar-refractivity contribution is 5.79. The predicted molar refractivity (Wildman–Crippen MR) is 92.5 cm³/mol. The van der Waals surface area contributed by atoms with Gasteiger partial charge in [-0.1, -0.05) is 19.1 Å². The summed E-state index contributed by atoms with van der Waals surface area (Å²) in [4.78, 5) is 4.28. The van der Waals surface area contributed by atoms with Crippen molar-refractivity contribution >= 4 is 5.96 Å². The molecule has 0 amide bonds. The van der Waals surface area contributed by atoms with Gasteiger partial charge in [0.1, 0.15) is 5.75 Å². The van der Waals surface area contributed by atoms with Gasteiger partial charge in [0, 0.05) is 25.7 Å². The number of nitrogens with one attached hydrogen (secondary N) is 2. The minimum Gasteiger partial charge on any atom is -0.490 e. The van der Waals surface area contributed by atoms with E-state index in [0.717, 1.165) is 37.1 Å². The number of nitrogens with zero attached hydrogens (tertiary/aromatic N) is 1. The van der Waals surface area contributed by atoms with Gasteiger partial charge in [0.25, 0.3) is 0 Å². The van der Waals surface area contributed by atoms with Crippen molar-refractivity contribution < 1.29 is 4.74 Å². The number of hydrogen-bond donors (Lipinski definition) is 2. The number of aryl methyl sites for hydroxylation is 1. The summed E-state index contributed by atoms with van der Waals surface area (Å²) in [6.07, 6.45) is 3.92. The van der Waals surface area contributed by atoms with Crippen molar-refractivity contribution in [3.05, 3.63) is 29.3 Å². The quantitative estimate of drug-likeness (QED) is 0.600. The molecule has 1 aliphatic carbocycles. The molecule has 0 aliphatic heterocycles. The van der Waals surface area contributed by atoms with Crippen molar-refractivity contribution in [2.24, 2.45) is 10.9 Å². The predicted octanol–water partition coefficient (Wildman–Crippen LogP) is 3.25. The molecule has 0 spiro atoms. The Bertz CT molecular complexity index is 509. The highest BCUT2D eigenvalue weighted by atomic mass is 16.5. The van der Waals surface area contributed by atoms with E-state index in [1.165, 1.54) is 24.0 Å². The maximum atomic E-state index is 6.05. The fourth-order valence-corrected chi connectivity index (χ4v) is 2.18. The molecule has 1 aromatic rings. The van der Waals surface area contributed by atoms with E-state index in [1.807, 2.05) is 7.05 Å². The smallest absolute Gasteiger partial charge is 0.191 e. The number of guanidine groups is 1. The fraction of sp³-hybridized carbons (Fsp3) is 0.611. The molecule has 1 atom stereocenters. The van der Waals surface area contributed by atoms with Crippen LogP contribution in [0.1, 0.15) is 44.2 Å². The first-order chi connectivity index (χ1) is 10.6. The molecule has 1 saturated carbocycles. The Morgan fingerprint density at radius 1 is 1.36 bits per heavy atom. The minimum absolute atomic E-state index is 0.229. The minimum atomic E-state index is 0.229. The zero-order chi connectivity index (χ0) is 15.9. The summed E-state index contributed by atoms with van der Waals surface area (Å²) >= 11 is 0. The second-order valence-electron chi connectivity index (χ2n) is 6.20. The molecule has 4 heteroatoms. The van der Waals surface area contributed by atoms with Gasteiger partial charge in [-0.2, -0.15) is 0 Å². The Kier molecular flexibility index (Phi) is 6.10. The molecule has 1 fully saturated rings. The number of aliphatic imine (C=N–C) groups is 1. The van der Waals surface area contributed by atoms with E-state index in [-0.39, 0.29) is 6.10 Å². The third-order valence-electron chi connectivity index (χ3n) is 4.05. The fourth-order valence-electron chi connectivity index (χ4n) is 2.18. The Labute approximate surface area is 134 Å². The summed E-state index contributed by atoms with van der Waals surface area (Å²) in [6, 6.07) is 6.37. The standard InChI is InChI=1S/C18H29N3O/c1-5-14(3)22-17-10-13(2)6-9-16(17)12-21-18(19-4)20-11-15-7-8-15/h6,9-10,14-15H,5,7-8,11-12H2,1-4H3,(H2,19,20,21). The van der Waals surface area contributed by atoms with E-state index in [9.17, 15) is 0 Å². The average Bonchev–Trinajstić information content (AvgIpc) is 3.33. The first-order valence-corrected chi connectivity index (χ1v) is 8.33. The van der Waals surface area contributed by atoms with Crippen LogP contribution >= 0.6 is 0 Å². The monoisotopic (exact) mass is 303 g/mol. The van der Waals surface area contributed by atoms with Crippen LogP contribution in [0.25, 0.3) is 0 Å². The van der Waals surface area contributed by atoms with Crippen molar-refractivity contribution in [3.8, 4) is 5.75 Å². The summed E-state index contributed by atoms with van der Waals surface area (Å²) in [5.74, 6) is 2.67. The third-order valence-corrected chi connectivity index (χ3v) is 4.05. The lowest BCUT2D eigenvalue weighted by Gasteiger charge is -2.18. The molecule has 22 heavy (non-hydrogen) atoms. The van der Waals surface area contributed by atoms with Crippen LogP contribution in [0.2, 0.25) is 0 Å². The summed E-state index contributed by atoms with van der Waals surface area (Å²) in [6.45, 7) is 8.08. The van der Waals surface area contributed by atoms with Crippen molar-refractivity contribution in [1.29, 1.82) is 0 Å². The van der Waals surface area contributed by atoms with E-state index in [4.69, 9.17) is 4.74 Å². The van der Waals surface area contributed by atoms with Crippen molar-refractivity contribution in [2.45, 2.75) is 52.7 Å². The zero-order valence-corrected chi connectivity index (χ0v) is 14.3. The lowest BCUT2D eigenvalue weighted by Crippen LogP contribution is -2.38. The van der Waals surface area contributed by atoms with Crippen LogP contribution in [0.15, 0.2) is 23.2 Å². The molecule has 1 unspecified atom stereocenters. The van der Waals surface area contributed by atoms with Crippen LogP contribution in [0.5, 0.6) is 5.75 Å². The first-order valence-electron chi connectivity index (χ1n) is 8.33. The van der Waals surface area contributed by atoms with E-state index in [2.05, 4.69) is 54.6 Å². The van der Waals surface area contributed by atoms with Gasteiger partial charge in [0.15, 0.2) is 5.96 Å². The molecule has 2 rings (SSSR count). The summed E-state index contributed by atoms with van der Waals surface area (Å²) < 4.78 is 6.05. The summed E-state index contributed by atoms with van der Waals surface area (Å²) in [5.41, 5.74) is 2.39. The number of rotatable bonds is 7. The molecule has 2 N–H and O–H groups in total. The van der Waals surface area contributed by atoms with Crippen LogP contribution in [0.4, 0.5) is 0 Å². The van der Waals surface area contributed by atoms with E-state index in [1.54, 1.807) is 0 Å². The van der Waals surface area contributed by atoms with Crippen molar-refractivity contribution in [2.75, 3.05) is 13.6 Å². The van der Waals surface area contributed by atoms with Crippen LogP contribution in [-0.4, -0.2) is 25.7 Å². The van der Waals surface area contributed by atoms with Gasteiger partial charge in [-0.15, -0.1) is 0 Å². The molecule has 4 nitrogen and oxygen atoms in total. The molecule has 0 aromatic heterocycles. The molecule has 1 aliphatic rings. The number of hydrogen-bond acceptors (Lipinski definition) is 2. The number of ether oxygens (including phenoxy) is 1. The maximum absolute atomic E-state index is 6.05. The molecule has 0 radical (unpaired) electrons. The van der Waals surface area contributed by atoms with E-state index >= 15 is 0 Å². The maximum Gasteiger partial charge on any atom is 0.191 e. The Hall–Kier alpha value is -1.71. The van der Waals surface area contributed by atoms with Gasteiger partial charge in [-0.25, -0.2) is 0 Å². The molecular weight excluding hydrogens is 274 g/mol. The topological polar surface area (TPSA) is 45.6 Å². The van der Waals surface area contributed by atoms with Crippen LogP contribution in [-0.2, 0) is 6.54 Å². The average molecular weight is 303 g/mol. The Morgan fingerprint density at radius 3 is 2.77 bits per heavy atom. The van der Waals surface area contributed by atoms with Gasteiger partial charge in [0.05, 0.1) is 6.10 Å². The summed E-state index contributed by atoms with van der Waals surface area (Å²) in [5, 5.41) is 6.76. The SMILES string of the molecule is CCC(C)Oc1cc(C)ccc1CNC(=NC)NCC1CC1. The first kappa shape index (κ1) is 16.7. The van der Waals surface area contributed by atoms with Gasteiger partial charge in [0.2, 0.25) is 0 Å². The van der Waals surface area contributed by atoms with Crippen LogP contribution < -0.4 is 15.4 Å². The second kappa shape index (κ2) is 8.06. The van der Waals surface area contributed by atoms with Gasteiger partial charge in [-0.3, -0.25) is 4.99 Å². The molecule has 1 aromatic carbocycles. The Balaban J connectivity index is 1.94. The molecular formula is C18H29N3O. The number of benzene rings is 1.